The highest BCUT2D eigenvalue weighted by Gasteiger charge is 2.21. The molecule has 0 aliphatic heterocycles. The molecule has 4 nitrogen and oxygen atoms in total. The van der Waals surface area contributed by atoms with E-state index in [0.717, 1.165) is 0 Å². The number of aliphatic carboxylic acids is 1. The molecule has 1 rings (SSSR count). The highest BCUT2D eigenvalue weighted by Crippen LogP contribution is 2.17. The van der Waals surface area contributed by atoms with Crippen molar-refractivity contribution in [3.63, 3.8) is 0 Å². The number of carbonyl (C=O) groups is 2. The van der Waals surface area contributed by atoms with Gasteiger partial charge in [0.05, 0.1) is 10.4 Å². The van der Waals surface area contributed by atoms with Gasteiger partial charge in [-0.3, -0.25) is 9.59 Å². The van der Waals surface area contributed by atoms with Crippen LogP contribution in [0.4, 0.5) is 4.39 Å². The second-order valence-corrected chi connectivity index (χ2v) is 4.87. The smallest absolute Gasteiger partial charge is 0.308 e. The minimum Gasteiger partial charge on any atom is -0.481 e. The maximum absolute atomic E-state index is 13.0. The van der Waals surface area contributed by atoms with Crippen molar-refractivity contribution in [2.75, 3.05) is 0 Å². The molecule has 0 aliphatic carbocycles. The summed E-state index contributed by atoms with van der Waals surface area (Å²) in [6.45, 7) is 3.11. The van der Waals surface area contributed by atoms with Crippen LogP contribution in [0.15, 0.2) is 22.7 Å². The van der Waals surface area contributed by atoms with Crippen molar-refractivity contribution in [2.24, 2.45) is 5.92 Å². The van der Waals surface area contributed by atoms with Gasteiger partial charge in [-0.1, -0.05) is 0 Å². The Morgan fingerprint density at radius 2 is 2.00 bits per heavy atom. The van der Waals surface area contributed by atoms with Crippen LogP contribution in [0.1, 0.15) is 24.2 Å². The van der Waals surface area contributed by atoms with Gasteiger partial charge in [0.1, 0.15) is 5.82 Å². The Kier molecular flexibility index (Phi) is 4.84. The van der Waals surface area contributed by atoms with E-state index in [1.54, 1.807) is 6.92 Å². The van der Waals surface area contributed by atoms with Gasteiger partial charge in [-0.25, -0.2) is 4.39 Å². The first-order chi connectivity index (χ1) is 8.32. The summed E-state index contributed by atoms with van der Waals surface area (Å²) < 4.78 is 13.2. The fraction of sp³-hybridized carbons (Fsp3) is 0.333. The molecule has 1 aromatic carbocycles. The van der Waals surface area contributed by atoms with E-state index in [0.29, 0.717) is 0 Å². The van der Waals surface area contributed by atoms with Gasteiger partial charge in [-0.05, 0) is 48.0 Å². The van der Waals surface area contributed by atoms with Crippen LogP contribution in [-0.4, -0.2) is 23.0 Å². The van der Waals surface area contributed by atoms with E-state index < -0.39 is 29.7 Å². The van der Waals surface area contributed by atoms with Gasteiger partial charge in [-0.2, -0.15) is 0 Å². The van der Waals surface area contributed by atoms with Crippen LogP contribution in [-0.2, 0) is 4.79 Å². The van der Waals surface area contributed by atoms with E-state index in [4.69, 9.17) is 5.11 Å². The normalized spacial score (nSPS) is 13.8. The minimum atomic E-state index is -0.983. The van der Waals surface area contributed by atoms with E-state index in [-0.39, 0.29) is 10.0 Å². The van der Waals surface area contributed by atoms with Crippen molar-refractivity contribution in [3.05, 3.63) is 34.1 Å². The van der Waals surface area contributed by atoms with Crippen LogP contribution in [0.2, 0.25) is 0 Å². The van der Waals surface area contributed by atoms with Gasteiger partial charge >= 0.3 is 5.97 Å². The Bertz CT molecular complexity index is 478. The largest absolute Gasteiger partial charge is 0.481 e. The average Bonchev–Trinajstić information content (AvgIpc) is 2.31. The molecule has 0 radical (unpaired) electrons. The maximum Gasteiger partial charge on any atom is 0.308 e. The van der Waals surface area contributed by atoms with Crippen LogP contribution >= 0.6 is 15.9 Å². The Labute approximate surface area is 112 Å². The van der Waals surface area contributed by atoms with Gasteiger partial charge < -0.3 is 10.4 Å². The lowest BCUT2D eigenvalue weighted by atomic mass is 10.0. The monoisotopic (exact) mass is 317 g/mol. The predicted molar refractivity (Wildman–Crippen MR) is 67.8 cm³/mol. The van der Waals surface area contributed by atoms with E-state index in [1.807, 2.05) is 0 Å². The summed E-state index contributed by atoms with van der Waals surface area (Å²) >= 11 is 2.98. The number of amides is 1. The van der Waals surface area contributed by atoms with Crippen molar-refractivity contribution in [1.82, 2.24) is 5.32 Å². The zero-order chi connectivity index (χ0) is 13.9. The Hall–Kier alpha value is -1.43. The molecule has 0 heterocycles. The Morgan fingerprint density at radius 1 is 1.39 bits per heavy atom. The maximum atomic E-state index is 13.0. The molecular formula is C12H13BrFNO3. The molecule has 6 heteroatoms. The second-order valence-electron chi connectivity index (χ2n) is 4.02. The van der Waals surface area contributed by atoms with Gasteiger partial charge in [0.25, 0.3) is 5.91 Å². The summed E-state index contributed by atoms with van der Waals surface area (Å²) in [4.78, 5) is 22.5. The number of nitrogens with one attached hydrogen (secondary N) is 1. The molecule has 0 bridgehead atoms. The molecule has 0 saturated carbocycles. The number of rotatable bonds is 4. The molecule has 98 valence electrons. The van der Waals surface area contributed by atoms with E-state index in [1.165, 1.54) is 25.1 Å². The van der Waals surface area contributed by atoms with Gasteiger partial charge in [0.15, 0.2) is 0 Å². The number of halogens is 2. The molecule has 0 spiro atoms. The number of carboxylic acid groups (broad SMARTS) is 1. The molecule has 1 amide bonds. The quantitative estimate of drug-likeness (QED) is 0.896. The third-order valence-corrected chi connectivity index (χ3v) is 3.29. The SMILES string of the molecule is CC(NC(=O)c1ccc(F)c(Br)c1)C(C)C(=O)O. The van der Waals surface area contributed by atoms with Gasteiger partial charge in [-0.15, -0.1) is 0 Å². The first-order valence-corrected chi connectivity index (χ1v) is 6.11. The van der Waals surface area contributed by atoms with Gasteiger partial charge in [0.2, 0.25) is 0 Å². The summed E-state index contributed by atoms with van der Waals surface area (Å²) in [5.74, 6) is -2.57. The molecule has 0 aromatic heterocycles. The summed E-state index contributed by atoms with van der Waals surface area (Å²) in [6.07, 6.45) is 0. The van der Waals surface area contributed by atoms with Gasteiger partial charge in [0, 0.05) is 11.6 Å². The van der Waals surface area contributed by atoms with Crippen LogP contribution in [0.5, 0.6) is 0 Å². The first kappa shape index (κ1) is 14.6. The van der Waals surface area contributed by atoms with Crippen LogP contribution in [0, 0.1) is 11.7 Å². The minimum absolute atomic E-state index is 0.189. The summed E-state index contributed by atoms with van der Waals surface area (Å²) in [5, 5.41) is 11.4. The summed E-state index contributed by atoms with van der Waals surface area (Å²) in [5.41, 5.74) is 0.271. The van der Waals surface area contributed by atoms with Crippen LogP contribution in [0.3, 0.4) is 0 Å². The fourth-order valence-corrected chi connectivity index (χ4v) is 1.65. The average molecular weight is 318 g/mol. The lowest BCUT2D eigenvalue weighted by Crippen LogP contribution is -2.40. The lowest BCUT2D eigenvalue weighted by molar-refractivity contribution is -0.141. The second kappa shape index (κ2) is 5.95. The zero-order valence-electron chi connectivity index (χ0n) is 9.91. The fourth-order valence-electron chi connectivity index (χ4n) is 1.27. The Morgan fingerprint density at radius 3 is 2.50 bits per heavy atom. The highest BCUT2D eigenvalue weighted by molar-refractivity contribution is 9.10. The molecule has 0 fully saturated rings. The number of hydrogen-bond donors (Lipinski definition) is 2. The topological polar surface area (TPSA) is 66.4 Å². The molecular weight excluding hydrogens is 305 g/mol. The van der Waals surface area contributed by atoms with E-state index in [9.17, 15) is 14.0 Å². The van der Waals surface area contributed by atoms with Crippen molar-refractivity contribution in [2.45, 2.75) is 19.9 Å². The molecule has 2 atom stereocenters. The number of carboxylic acids is 1. The molecule has 0 saturated heterocycles. The Balaban J connectivity index is 2.76. The molecule has 18 heavy (non-hydrogen) atoms. The summed E-state index contributed by atoms with van der Waals surface area (Å²) in [7, 11) is 0. The van der Waals surface area contributed by atoms with E-state index >= 15 is 0 Å². The number of hydrogen-bond acceptors (Lipinski definition) is 2. The molecule has 0 aliphatic rings. The van der Waals surface area contributed by atoms with Crippen molar-refractivity contribution < 1.29 is 19.1 Å². The standard InChI is InChI=1S/C12H13BrFNO3/c1-6(12(17)18)7(2)15-11(16)8-3-4-10(14)9(13)5-8/h3-7H,1-2H3,(H,15,16)(H,17,18). The summed E-state index contributed by atoms with van der Waals surface area (Å²) in [6, 6.07) is 3.35. The van der Waals surface area contributed by atoms with Crippen LogP contribution < -0.4 is 5.32 Å². The predicted octanol–water partition coefficient (Wildman–Crippen LogP) is 2.43. The zero-order valence-corrected chi connectivity index (χ0v) is 11.5. The first-order valence-electron chi connectivity index (χ1n) is 5.31. The third-order valence-electron chi connectivity index (χ3n) is 2.68. The number of carbonyl (C=O) groups excluding carboxylic acids is 1. The molecule has 2 unspecified atom stereocenters. The van der Waals surface area contributed by atoms with Crippen molar-refractivity contribution in [1.29, 1.82) is 0 Å². The molecule has 1 aromatic rings. The van der Waals surface area contributed by atoms with Crippen molar-refractivity contribution in [3.8, 4) is 0 Å². The van der Waals surface area contributed by atoms with E-state index in [2.05, 4.69) is 21.2 Å². The lowest BCUT2D eigenvalue weighted by Gasteiger charge is -2.17. The highest BCUT2D eigenvalue weighted by atomic mass is 79.9. The number of benzene rings is 1. The van der Waals surface area contributed by atoms with Crippen LogP contribution in [0.25, 0.3) is 0 Å². The molecule has 2 N–H and O–H groups in total. The van der Waals surface area contributed by atoms with Crippen molar-refractivity contribution >= 4 is 27.8 Å². The third kappa shape index (κ3) is 3.53.